The molecule has 3 rings (SSSR count). The number of amides is 1. The quantitative estimate of drug-likeness (QED) is 0.739. The predicted molar refractivity (Wildman–Crippen MR) is 89.7 cm³/mol. The van der Waals surface area contributed by atoms with Crippen LogP contribution >= 0.6 is 23.1 Å². The Morgan fingerprint density at radius 3 is 3.00 bits per heavy atom. The summed E-state index contributed by atoms with van der Waals surface area (Å²) in [5, 5.41) is 15.9. The van der Waals surface area contributed by atoms with Gasteiger partial charge in [-0.25, -0.2) is 9.78 Å². The summed E-state index contributed by atoms with van der Waals surface area (Å²) in [6, 6.07) is 8.21. The minimum Gasteiger partial charge on any atom is -0.465 e. The van der Waals surface area contributed by atoms with Crippen LogP contribution in [0.15, 0.2) is 52.0 Å². The average Bonchev–Trinajstić information content (AvgIpc) is 3.14. The van der Waals surface area contributed by atoms with E-state index in [0.717, 1.165) is 25.2 Å². The average molecular weight is 346 g/mol. The second-order valence-corrected chi connectivity index (χ2v) is 7.25. The van der Waals surface area contributed by atoms with Crippen LogP contribution in [0.25, 0.3) is 11.1 Å². The lowest BCUT2D eigenvalue weighted by Gasteiger charge is -2.02. The third-order valence-electron chi connectivity index (χ3n) is 3.01. The van der Waals surface area contributed by atoms with E-state index in [0.29, 0.717) is 0 Å². The molecule has 0 bridgehead atoms. The fourth-order valence-electron chi connectivity index (χ4n) is 2.00. The zero-order valence-corrected chi connectivity index (χ0v) is 13.9. The highest BCUT2D eigenvalue weighted by atomic mass is 32.2. The second-order valence-electron chi connectivity index (χ2n) is 4.76. The SMILES string of the molecule is Cn1cc(-c2cccc(Sc3cnc(CNC(=O)O)s3)c2)cn1. The van der Waals surface area contributed by atoms with Gasteiger partial charge in [-0.05, 0) is 17.7 Å². The topological polar surface area (TPSA) is 80.0 Å². The number of hydrogen-bond donors (Lipinski definition) is 2. The Morgan fingerprint density at radius 2 is 2.26 bits per heavy atom. The van der Waals surface area contributed by atoms with Gasteiger partial charge in [0, 0.05) is 23.7 Å². The smallest absolute Gasteiger partial charge is 0.405 e. The van der Waals surface area contributed by atoms with Gasteiger partial charge in [-0.2, -0.15) is 5.10 Å². The van der Waals surface area contributed by atoms with Crippen molar-refractivity contribution >= 4 is 29.2 Å². The summed E-state index contributed by atoms with van der Waals surface area (Å²) in [5.41, 5.74) is 2.19. The lowest BCUT2D eigenvalue weighted by molar-refractivity contribution is 0.194. The molecule has 0 aliphatic heterocycles. The molecule has 23 heavy (non-hydrogen) atoms. The van der Waals surface area contributed by atoms with Crippen molar-refractivity contribution in [2.24, 2.45) is 7.05 Å². The number of hydrogen-bond acceptors (Lipinski definition) is 5. The summed E-state index contributed by atoms with van der Waals surface area (Å²) in [6.07, 6.45) is 4.54. The molecule has 0 aliphatic rings. The fraction of sp³-hybridized carbons (Fsp3) is 0.133. The largest absolute Gasteiger partial charge is 0.465 e. The number of rotatable bonds is 5. The maximum atomic E-state index is 10.5. The van der Waals surface area contributed by atoms with E-state index >= 15 is 0 Å². The van der Waals surface area contributed by atoms with Gasteiger partial charge in [-0.15, -0.1) is 11.3 Å². The number of thiazole rings is 1. The number of carbonyl (C=O) groups is 1. The molecule has 3 aromatic rings. The first-order valence-electron chi connectivity index (χ1n) is 6.78. The maximum absolute atomic E-state index is 10.5. The maximum Gasteiger partial charge on any atom is 0.405 e. The van der Waals surface area contributed by atoms with Crippen LogP contribution in [0.5, 0.6) is 0 Å². The summed E-state index contributed by atoms with van der Waals surface area (Å²) < 4.78 is 2.80. The molecule has 2 aromatic heterocycles. The molecule has 0 aliphatic carbocycles. The Hall–Kier alpha value is -2.32. The lowest BCUT2D eigenvalue weighted by Crippen LogP contribution is -2.19. The van der Waals surface area contributed by atoms with E-state index in [1.807, 2.05) is 31.6 Å². The highest BCUT2D eigenvalue weighted by Crippen LogP contribution is 2.34. The predicted octanol–water partition coefficient (Wildman–Crippen LogP) is 3.46. The van der Waals surface area contributed by atoms with Gasteiger partial charge in [0.2, 0.25) is 0 Å². The summed E-state index contributed by atoms with van der Waals surface area (Å²) >= 11 is 3.10. The number of aromatic nitrogens is 3. The Balaban J connectivity index is 1.72. The van der Waals surface area contributed by atoms with Crippen molar-refractivity contribution in [3.8, 4) is 11.1 Å². The van der Waals surface area contributed by atoms with Crippen LogP contribution in [0.3, 0.4) is 0 Å². The fourth-order valence-corrected chi connectivity index (χ4v) is 4.00. The van der Waals surface area contributed by atoms with Crippen LogP contribution < -0.4 is 5.32 Å². The molecule has 2 heterocycles. The molecule has 2 N–H and O–H groups in total. The molecule has 0 atom stereocenters. The third kappa shape index (κ3) is 4.11. The minimum atomic E-state index is -1.04. The molecule has 0 saturated carbocycles. The first kappa shape index (κ1) is 15.6. The van der Waals surface area contributed by atoms with Crippen LogP contribution in [0.4, 0.5) is 4.79 Å². The third-order valence-corrected chi connectivity index (χ3v) is 5.10. The zero-order valence-electron chi connectivity index (χ0n) is 12.3. The minimum absolute atomic E-state index is 0.232. The van der Waals surface area contributed by atoms with Crippen LogP contribution in [0.1, 0.15) is 5.01 Å². The van der Waals surface area contributed by atoms with Gasteiger partial charge < -0.3 is 10.4 Å². The number of benzene rings is 1. The van der Waals surface area contributed by atoms with Gasteiger partial charge in [0.15, 0.2) is 0 Å². The number of carboxylic acid groups (broad SMARTS) is 1. The normalized spacial score (nSPS) is 10.7. The summed E-state index contributed by atoms with van der Waals surface area (Å²) in [6.45, 7) is 0.232. The Labute approximate surface area is 141 Å². The van der Waals surface area contributed by atoms with Gasteiger partial charge in [0.1, 0.15) is 5.01 Å². The van der Waals surface area contributed by atoms with E-state index in [9.17, 15) is 4.79 Å². The summed E-state index contributed by atoms with van der Waals surface area (Å²) in [7, 11) is 1.89. The van der Waals surface area contributed by atoms with Crippen molar-refractivity contribution in [3.63, 3.8) is 0 Å². The molecule has 8 heteroatoms. The first-order chi connectivity index (χ1) is 11.1. The van der Waals surface area contributed by atoms with Crippen molar-refractivity contribution in [3.05, 3.63) is 47.9 Å². The van der Waals surface area contributed by atoms with E-state index in [4.69, 9.17) is 5.11 Å². The van der Waals surface area contributed by atoms with Crippen molar-refractivity contribution in [1.29, 1.82) is 0 Å². The van der Waals surface area contributed by atoms with Crippen molar-refractivity contribution in [1.82, 2.24) is 20.1 Å². The monoisotopic (exact) mass is 346 g/mol. The van der Waals surface area contributed by atoms with Crippen LogP contribution in [0, 0.1) is 0 Å². The molecule has 6 nitrogen and oxygen atoms in total. The van der Waals surface area contributed by atoms with E-state index in [1.165, 1.54) is 11.3 Å². The zero-order chi connectivity index (χ0) is 16.2. The van der Waals surface area contributed by atoms with Crippen molar-refractivity contribution in [2.45, 2.75) is 15.6 Å². The molecule has 0 fully saturated rings. The summed E-state index contributed by atoms with van der Waals surface area (Å²) in [4.78, 5) is 15.8. The van der Waals surface area contributed by atoms with Gasteiger partial charge >= 0.3 is 6.09 Å². The second kappa shape index (κ2) is 6.84. The molecule has 0 spiro atoms. The van der Waals surface area contributed by atoms with Crippen molar-refractivity contribution in [2.75, 3.05) is 0 Å². The van der Waals surface area contributed by atoms with Gasteiger partial charge in [0.05, 0.1) is 23.1 Å². The lowest BCUT2D eigenvalue weighted by atomic mass is 10.1. The molecule has 0 radical (unpaired) electrons. The molecular formula is C15H14N4O2S2. The first-order valence-corrected chi connectivity index (χ1v) is 8.42. The molecule has 0 unspecified atom stereocenters. The van der Waals surface area contributed by atoms with Gasteiger partial charge in [-0.3, -0.25) is 4.68 Å². The number of aryl methyl sites for hydroxylation is 1. The Kier molecular flexibility index (Phi) is 4.63. The Bertz CT molecular complexity index is 828. The highest BCUT2D eigenvalue weighted by Gasteiger charge is 2.07. The van der Waals surface area contributed by atoms with Crippen LogP contribution in [0.2, 0.25) is 0 Å². The molecule has 1 amide bonds. The molecule has 0 saturated heterocycles. The number of nitrogens with zero attached hydrogens (tertiary/aromatic N) is 3. The van der Waals surface area contributed by atoms with Crippen LogP contribution in [-0.4, -0.2) is 26.0 Å². The van der Waals surface area contributed by atoms with E-state index < -0.39 is 6.09 Å². The van der Waals surface area contributed by atoms with E-state index in [-0.39, 0.29) is 6.54 Å². The molecular weight excluding hydrogens is 332 g/mol. The van der Waals surface area contributed by atoms with Crippen molar-refractivity contribution < 1.29 is 9.90 Å². The highest BCUT2D eigenvalue weighted by molar-refractivity contribution is 8.01. The number of nitrogens with one attached hydrogen (secondary N) is 1. The standard InChI is InChI=1S/C15H14N4O2S2/c1-19-9-11(6-18-19)10-3-2-4-12(5-10)22-14-8-16-13(23-14)7-17-15(20)21/h2-6,8-9,17H,7H2,1H3,(H,20,21). The van der Waals surface area contributed by atoms with Gasteiger partial charge in [0.25, 0.3) is 0 Å². The van der Waals surface area contributed by atoms with E-state index in [2.05, 4.69) is 27.5 Å². The van der Waals surface area contributed by atoms with E-state index in [1.54, 1.807) is 22.6 Å². The molecule has 118 valence electrons. The molecule has 1 aromatic carbocycles. The summed E-state index contributed by atoms with van der Waals surface area (Å²) in [5.74, 6) is 0. The van der Waals surface area contributed by atoms with Gasteiger partial charge in [-0.1, -0.05) is 23.9 Å². The Morgan fingerprint density at radius 1 is 1.39 bits per heavy atom. The van der Waals surface area contributed by atoms with Crippen LogP contribution in [-0.2, 0) is 13.6 Å².